The van der Waals surface area contributed by atoms with Gasteiger partial charge in [0.2, 0.25) is 0 Å². The molecular weight excluding hydrogens is 440 g/mol. The van der Waals surface area contributed by atoms with Gasteiger partial charge in [-0.2, -0.15) is 0 Å². The van der Waals surface area contributed by atoms with Crippen molar-refractivity contribution in [2.24, 2.45) is 29.1 Å². The van der Waals surface area contributed by atoms with Crippen LogP contribution in [0.15, 0.2) is 35.5 Å². The summed E-state index contributed by atoms with van der Waals surface area (Å²) in [7, 11) is 0. The minimum Gasteiger partial charge on any atom is -0.394 e. The van der Waals surface area contributed by atoms with Crippen LogP contribution in [0.2, 0.25) is 0 Å². The van der Waals surface area contributed by atoms with Crippen molar-refractivity contribution in [3.63, 3.8) is 0 Å². The fraction of sp³-hybridized carbons (Fsp3) is 0.800. The largest absolute Gasteiger partial charge is 0.394 e. The third kappa shape index (κ3) is 6.67. The Hall–Kier alpha value is -0.980. The fourth-order valence-electron chi connectivity index (χ4n) is 7.50. The molecule has 8 atom stereocenters. The first kappa shape index (κ1) is 28.6. The number of fused-ring (bicyclic) bond motifs is 1. The third-order valence-corrected chi connectivity index (χ3v) is 9.52. The second kappa shape index (κ2) is 11.6. The number of aliphatic hydroxyl groups excluding tert-OH is 4. The van der Waals surface area contributed by atoms with Crippen molar-refractivity contribution in [3.8, 4) is 0 Å². The number of rotatable bonds is 9. The molecule has 0 aromatic rings. The van der Waals surface area contributed by atoms with Gasteiger partial charge in [-0.25, -0.2) is 0 Å². The zero-order valence-corrected chi connectivity index (χ0v) is 22.4. The predicted octanol–water partition coefficient (Wildman–Crippen LogP) is 4.67. The summed E-state index contributed by atoms with van der Waals surface area (Å²) in [6.45, 7) is 12.4. The van der Waals surface area contributed by atoms with Gasteiger partial charge in [0, 0.05) is 5.92 Å². The Morgan fingerprint density at radius 2 is 1.91 bits per heavy atom. The first-order chi connectivity index (χ1) is 16.4. The predicted molar refractivity (Wildman–Crippen MR) is 141 cm³/mol. The van der Waals surface area contributed by atoms with Gasteiger partial charge >= 0.3 is 0 Å². The smallest absolute Gasteiger partial charge is 0.0840 e. The van der Waals surface area contributed by atoms with Crippen LogP contribution in [0.25, 0.3) is 0 Å². The van der Waals surface area contributed by atoms with Crippen LogP contribution >= 0.6 is 0 Å². The van der Waals surface area contributed by atoms with Crippen LogP contribution in [-0.2, 0) is 0 Å². The Kier molecular flexibility index (Phi) is 9.48. The molecule has 3 fully saturated rings. The zero-order chi connectivity index (χ0) is 26.0. The van der Waals surface area contributed by atoms with Crippen molar-refractivity contribution in [1.29, 1.82) is 0 Å². The molecule has 5 nitrogen and oxygen atoms in total. The van der Waals surface area contributed by atoms with Crippen LogP contribution in [0.1, 0.15) is 91.9 Å². The maximum Gasteiger partial charge on any atom is 0.0840 e. The van der Waals surface area contributed by atoms with Crippen LogP contribution in [0.3, 0.4) is 0 Å². The lowest BCUT2D eigenvalue weighted by atomic mass is 9.60. The fourth-order valence-corrected chi connectivity index (χ4v) is 7.50. The highest BCUT2D eigenvalue weighted by atomic mass is 16.3. The molecule has 0 heterocycles. The van der Waals surface area contributed by atoms with Gasteiger partial charge in [0.25, 0.3) is 0 Å². The van der Waals surface area contributed by atoms with Crippen LogP contribution < -0.4 is 0 Å². The summed E-state index contributed by atoms with van der Waals surface area (Å²) < 4.78 is 0. The van der Waals surface area contributed by atoms with E-state index in [4.69, 9.17) is 5.11 Å². The summed E-state index contributed by atoms with van der Waals surface area (Å²) in [4.78, 5) is 0. The standard InChI is InChI=1S/C30H50O5/c1-19(8-6-14-29(3,4)35)25-12-13-26-21(9-7-15-30(25,26)5)10-11-22-16-27(33)24(17-23(32)18-31)28(34)20(22)2/h10-11,19,23-28,31-35H,2,6-9,12-18H2,1,3-5H3/b21-10+,22-11-/t19-,23+,24+,25-,26+,27-,28-,30-/m1/s1. The van der Waals surface area contributed by atoms with E-state index in [0.29, 0.717) is 35.2 Å². The maximum atomic E-state index is 10.7. The molecular formula is C30H50O5. The lowest BCUT2D eigenvalue weighted by Gasteiger charge is -2.44. The zero-order valence-electron chi connectivity index (χ0n) is 22.4. The third-order valence-electron chi connectivity index (χ3n) is 9.52. The first-order valence-electron chi connectivity index (χ1n) is 13.8. The van der Waals surface area contributed by atoms with E-state index < -0.39 is 29.8 Å². The van der Waals surface area contributed by atoms with Gasteiger partial charge in [0.1, 0.15) is 0 Å². The van der Waals surface area contributed by atoms with Crippen LogP contribution in [-0.4, -0.2) is 56.1 Å². The first-order valence-corrected chi connectivity index (χ1v) is 13.8. The van der Waals surface area contributed by atoms with Crippen molar-refractivity contribution in [2.75, 3.05) is 6.61 Å². The Morgan fingerprint density at radius 1 is 1.20 bits per heavy atom. The maximum absolute atomic E-state index is 10.7. The summed E-state index contributed by atoms with van der Waals surface area (Å²) in [6, 6.07) is 0. The molecule has 0 bridgehead atoms. The lowest BCUT2D eigenvalue weighted by Crippen LogP contribution is -2.41. The van der Waals surface area contributed by atoms with Crippen molar-refractivity contribution < 1.29 is 25.5 Å². The van der Waals surface area contributed by atoms with Crippen LogP contribution in [0.4, 0.5) is 0 Å². The van der Waals surface area contributed by atoms with Crippen LogP contribution in [0.5, 0.6) is 0 Å². The van der Waals surface area contributed by atoms with Crippen molar-refractivity contribution in [2.45, 2.75) is 116 Å². The van der Waals surface area contributed by atoms with Crippen LogP contribution in [0, 0.1) is 29.1 Å². The molecule has 3 rings (SSSR count). The van der Waals surface area contributed by atoms with Gasteiger partial charge in [-0.3, -0.25) is 0 Å². The topological polar surface area (TPSA) is 101 Å². The molecule has 0 amide bonds. The average molecular weight is 491 g/mol. The van der Waals surface area contributed by atoms with Gasteiger partial charge in [0.05, 0.1) is 30.5 Å². The van der Waals surface area contributed by atoms with E-state index in [1.54, 1.807) is 0 Å². The summed E-state index contributed by atoms with van der Waals surface area (Å²) in [5.74, 6) is 1.42. The Labute approximate surface area is 212 Å². The molecule has 0 saturated heterocycles. The van der Waals surface area contributed by atoms with Crippen molar-refractivity contribution >= 4 is 0 Å². The molecule has 3 aliphatic rings. The van der Waals surface area contributed by atoms with Gasteiger partial charge < -0.3 is 25.5 Å². The van der Waals surface area contributed by atoms with Gasteiger partial charge in [0.15, 0.2) is 0 Å². The second-order valence-corrected chi connectivity index (χ2v) is 12.7. The van der Waals surface area contributed by atoms with Crippen molar-refractivity contribution in [3.05, 3.63) is 35.5 Å². The number of allylic oxidation sites excluding steroid dienone is 3. The molecule has 0 spiro atoms. The van der Waals surface area contributed by atoms with Gasteiger partial charge in [-0.05, 0) is 99.5 Å². The summed E-state index contributed by atoms with van der Waals surface area (Å²) in [6.07, 6.45) is 11.4. The van der Waals surface area contributed by atoms with E-state index in [2.05, 4.69) is 32.6 Å². The summed E-state index contributed by atoms with van der Waals surface area (Å²) in [5, 5.41) is 50.4. The number of hydrogen-bond acceptors (Lipinski definition) is 5. The molecule has 0 radical (unpaired) electrons. The van der Waals surface area contributed by atoms with Crippen molar-refractivity contribution in [1.82, 2.24) is 0 Å². The quantitative estimate of drug-likeness (QED) is 0.323. The van der Waals surface area contributed by atoms with E-state index >= 15 is 0 Å². The normalized spacial score (nSPS) is 38.1. The minimum absolute atomic E-state index is 0.155. The highest BCUT2D eigenvalue weighted by molar-refractivity contribution is 5.39. The molecule has 3 saturated carbocycles. The van der Waals surface area contributed by atoms with Gasteiger partial charge in [-0.1, -0.05) is 51.0 Å². The number of aliphatic hydroxyl groups is 5. The van der Waals surface area contributed by atoms with Gasteiger partial charge in [-0.15, -0.1) is 0 Å². The Morgan fingerprint density at radius 3 is 2.57 bits per heavy atom. The summed E-state index contributed by atoms with van der Waals surface area (Å²) in [5.41, 5.74) is 2.72. The molecule has 200 valence electrons. The molecule has 0 aliphatic heterocycles. The molecule has 3 aliphatic carbocycles. The minimum atomic E-state index is -0.947. The highest BCUT2D eigenvalue weighted by Gasteiger charge is 2.50. The Bertz CT molecular complexity index is 793. The highest BCUT2D eigenvalue weighted by Crippen LogP contribution is 2.60. The molecule has 0 unspecified atom stereocenters. The molecule has 5 heteroatoms. The second-order valence-electron chi connectivity index (χ2n) is 12.7. The molecule has 0 aromatic carbocycles. The molecule has 35 heavy (non-hydrogen) atoms. The average Bonchev–Trinajstić information content (AvgIpc) is 3.14. The van der Waals surface area contributed by atoms with E-state index in [1.807, 2.05) is 13.8 Å². The monoisotopic (exact) mass is 490 g/mol. The molecule has 5 N–H and O–H groups in total. The van der Waals surface area contributed by atoms with E-state index in [1.165, 1.54) is 37.7 Å². The summed E-state index contributed by atoms with van der Waals surface area (Å²) >= 11 is 0. The SMILES string of the molecule is C=C1/C(=C\C=C2/CCC[C@]3(C)[C@@H]([C@H](C)CCCC(C)(C)O)CC[C@@H]23)C[C@@H](O)[C@H](C[C@H](O)CO)[C@@H]1O. The number of hydrogen-bond donors (Lipinski definition) is 5. The molecule has 0 aromatic heterocycles. The Balaban J connectivity index is 1.69. The van der Waals surface area contributed by atoms with E-state index in [-0.39, 0.29) is 13.0 Å². The van der Waals surface area contributed by atoms with E-state index in [9.17, 15) is 20.4 Å². The van der Waals surface area contributed by atoms with E-state index in [0.717, 1.165) is 24.8 Å². The lowest BCUT2D eigenvalue weighted by molar-refractivity contribution is -0.0200.